The van der Waals surface area contributed by atoms with Gasteiger partial charge in [-0.15, -0.1) is 0 Å². The van der Waals surface area contributed by atoms with Crippen LogP contribution in [0.15, 0.2) is 109 Å². The van der Waals surface area contributed by atoms with Gasteiger partial charge in [0.25, 0.3) is 0 Å². The molecular weight excluding hydrogens is 933 g/mol. The maximum Gasteiger partial charge on any atom is 0.144 e. The second-order valence-electron chi connectivity index (χ2n) is 27.6. The monoisotopic (exact) mass is 1010 g/mol. The number of phenolic OH excluding ortho intramolecular Hbond substituents is 2. The molecule has 0 atom stereocenters. The molecule has 3 aromatic heterocycles. The predicted molar refractivity (Wildman–Crippen MR) is 319 cm³/mol. The first-order valence-corrected chi connectivity index (χ1v) is 26.9. The molecule has 0 spiro atoms. The molecule has 394 valence electrons. The van der Waals surface area contributed by atoms with Crippen molar-refractivity contribution in [1.29, 1.82) is 0 Å². The van der Waals surface area contributed by atoms with Crippen molar-refractivity contribution in [2.24, 2.45) is 14.1 Å². The minimum atomic E-state index is -0.277. The summed E-state index contributed by atoms with van der Waals surface area (Å²) in [5.41, 5.74) is 18.1. The van der Waals surface area contributed by atoms with E-state index in [1.54, 1.807) is 6.33 Å². The van der Waals surface area contributed by atoms with Crippen LogP contribution in [0.25, 0.3) is 89.6 Å². The van der Waals surface area contributed by atoms with E-state index < -0.39 is 0 Å². The molecule has 8 nitrogen and oxygen atoms in total. The number of aromatic nitrogens is 6. The van der Waals surface area contributed by atoms with Gasteiger partial charge in [0.1, 0.15) is 29.5 Å². The Balaban J connectivity index is 1.18. The average Bonchev–Trinajstić information content (AvgIpc) is 3.85. The smallest absolute Gasteiger partial charge is 0.144 e. The lowest BCUT2D eigenvalue weighted by atomic mass is 9.79. The molecule has 8 heteroatoms. The van der Waals surface area contributed by atoms with Crippen molar-refractivity contribution in [2.45, 2.75) is 157 Å². The van der Waals surface area contributed by atoms with Gasteiger partial charge in [-0.1, -0.05) is 173 Å². The topological polar surface area (TPSA) is 102 Å². The first-order valence-electron chi connectivity index (χ1n) is 26.9. The second kappa shape index (κ2) is 18.3. The van der Waals surface area contributed by atoms with Crippen molar-refractivity contribution in [1.82, 2.24) is 29.1 Å². The molecule has 76 heavy (non-hydrogen) atoms. The zero-order valence-electron chi connectivity index (χ0n) is 49.0. The summed E-state index contributed by atoms with van der Waals surface area (Å²) in [5, 5.41) is 24.0. The fraction of sp³-hybridized carbons (Fsp3) is 0.382. The summed E-state index contributed by atoms with van der Waals surface area (Å²) in [6.07, 6.45) is 1.68. The van der Waals surface area contributed by atoms with Crippen LogP contribution >= 0.6 is 0 Å². The van der Waals surface area contributed by atoms with E-state index in [4.69, 9.17) is 19.9 Å². The van der Waals surface area contributed by atoms with Crippen LogP contribution in [0.1, 0.15) is 158 Å². The van der Waals surface area contributed by atoms with Gasteiger partial charge in [-0.3, -0.25) is 0 Å². The SMILES string of the molecule is Cn1c(-c2cc(C(C)(C)C)cc(C(C)(C)C)c2O)nc2c(-c3cc(-c4cc(-c5cc(-c6cccc7c6nc(-c6cc(C(C)(C)C)cc(C(C)(C)C)c6O)n7C)cc(C(C)(C)C)c5)ncn4)cc(C(C)(C)C)c3)cccc21. The highest BCUT2D eigenvalue weighted by Crippen LogP contribution is 2.46. The number of benzene rings is 6. The number of hydrogen-bond acceptors (Lipinski definition) is 6. The number of fused-ring (bicyclic) bond motifs is 2. The molecule has 9 aromatic rings. The van der Waals surface area contributed by atoms with Gasteiger partial charge < -0.3 is 19.3 Å². The molecular formula is C68H80N6O2. The van der Waals surface area contributed by atoms with Gasteiger partial charge in [0.05, 0.1) is 44.6 Å². The second-order valence-corrected chi connectivity index (χ2v) is 27.6. The lowest BCUT2D eigenvalue weighted by Crippen LogP contribution is -2.17. The van der Waals surface area contributed by atoms with Crippen molar-refractivity contribution in [3.8, 4) is 79.0 Å². The Morgan fingerprint density at radius 2 is 0.684 bits per heavy atom. The fourth-order valence-electron chi connectivity index (χ4n) is 10.4. The molecule has 3 heterocycles. The Bertz CT molecular complexity index is 3510. The summed E-state index contributed by atoms with van der Waals surface area (Å²) >= 11 is 0. The van der Waals surface area contributed by atoms with Gasteiger partial charge >= 0.3 is 0 Å². The number of para-hydroxylation sites is 2. The van der Waals surface area contributed by atoms with E-state index in [1.165, 1.54) is 11.1 Å². The summed E-state index contributed by atoms with van der Waals surface area (Å²) in [6, 6.07) is 37.0. The van der Waals surface area contributed by atoms with E-state index in [9.17, 15) is 10.2 Å². The van der Waals surface area contributed by atoms with Gasteiger partial charge in [-0.2, -0.15) is 0 Å². The van der Waals surface area contributed by atoms with Crippen LogP contribution in [0.3, 0.4) is 0 Å². The summed E-state index contributed by atoms with van der Waals surface area (Å²) in [7, 11) is 4.09. The largest absolute Gasteiger partial charge is 0.507 e. The minimum absolute atomic E-state index is 0.136. The Morgan fingerprint density at radius 1 is 0.355 bits per heavy atom. The van der Waals surface area contributed by atoms with Gasteiger partial charge in [0.15, 0.2) is 0 Å². The number of aromatic hydroxyl groups is 2. The Hall–Kier alpha value is -7.06. The van der Waals surface area contributed by atoms with E-state index in [2.05, 4.69) is 237 Å². The number of rotatable bonds is 6. The number of hydrogen-bond donors (Lipinski definition) is 2. The Morgan fingerprint density at radius 3 is 1.01 bits per heavy atom. The molecule has 0 fully saturated rings. The van der Waals surface area contributed by atoms with Crippen LogP contribution in [0.2, 0.25) is 0 Å². The minimum Gasteiger partial charge on any atom is -0.507 e. The van der Waals surface area contributed by atoms with E-state index in [-0.39, 0.29) is 44.0 Å². The first kappa shape index (κ1) is 53.8. The van der Waals surface area contributed by atoms with Gasteiger partial charge in [-0.25, -0.2) is 19.9 Å². The highest BCUT2D eigenvalue weighted by atomic mass is 16.3. The zero-order chi connectivity index (χ0) is 55.6. The lowest BCUT2D eigenvalue weighted by molar-refractivity contribution is 0.445. The Kier molecular flexibility index (Phi) is 13.0. The van der Waals surface area contributed by atoms with Crippen molar-refractivity contribution in [3.05, 3.63) is 143 Å². The molecule has 0 aliphatic rings. The van der Waals surface area contributed by atoms with Crippen molar-refractivity contribution in [2.75, 3.05) is 0 Å². The maximum atomic E-state index is 12.0. The maximum absolute atomic E-state index is 12.0. The van der Waals surface area contributed by atoms with Gasteiger partial charge in [0.2, 0.25) is 0 Å². The molecule has 0 aliphatic carbocycles. The quantitative estimate of drug-likeness (QED) is 0.172. The lowest BCUT2D eigenvalue weighted by Gasteiger charge is -2.27. The molecule has 9 rings (SSSR count). The van der Waals surface area contributed by atoms with Crippen molar-refractivity contribution < 1.29 is 10.2 Å². The summed E-state index contributed by atoms with van der Waals surface area (Å²) in [5.74, 6) is 1.99. The molecule has 0 unspecified atom stereocenters. The third-order valence-electron chi connectivity index (χ3n) is 15.4. The van der Waals surface area contributed by atoms with E-state index in [0.717, 1.165) is 112 Å². The first-order chi connectivity index (χ1) is 35.1. The fourth-order valence-corrected chi connectivity index (χ4v) is 10.4. The molecule has 0 amide bonds. The normalized spacial score (nSPS) is 13.1. The number of nitrogens with zero attached hydrogens (tertiary/aromatic N) is 6. The number of phenols is 2. The van der Waals surface area contributed by atoms with Crippen LogP contribution in [-0.2, 0) is 46.6 Å². The molecule has 0 saturated heterocycles. The summed E-state index contributed by atoms with van der Waals surface area (Å²) < 4.78 is 4.23. The van der Waals surface area contributed by atoms with Gasteiger partial charge in [0, 0.05) is 47.5 Å². The van der Waals surface area contributed by atoms with Crippen LogP contribution in [-0.4, -0.2) is 39.3 Å². The van der Waals surface area contributed by atoms with Crippen LogP contribution < -0.4 is 0 Å². The van der Waals surface area contributed by atoms with Crippen molar-refractivity contribution in [3.63, 3.8) is 0 Å². The standard InChI is InChI=1S/C68H80N6O2/c1-63(2,3)43-29-39(47-23-21-25-55-57(47)71-61(73(55)19)49-33-45(65(7,8)9)35-51(59(49)75)67(13,14)15)27-41(31-43)53-37-54(70-38-69-53)42-28-40(30-44(32-42)64(4,5)6)48-24-22-26-56-58(48)72-62(74(56)20)50-34-46(66(10,11)12)36-52(60(50)76)68(16,17)18/h21-38,75-76H,1-20H3. The molecule has 0 radical (unpaired) electrons. The van der Waals surface area contributed by atoms with E-state index in [0.29, 0.717) is 0 Å². The molecule has 2 N–H and O–H groups in total. The molecule has 0 saturated carbocycles. The Labute approximate surface area is 452 Å². The van der Waals surface area contributed by atoms with E-state index >= 15 is 0 Å². The summed E-state index contributed by atoms with van der Waals surface area (Å²) in [6.45, 7) is 39.7. The zero-order valence-corrected chi connectivity index (χ0v) is 49.0. The van der Waals surface area contributed by atoms with Crippen LogP contribution in [0, 0.1) is 0 Å². The van der Waals surface area contributed by atoms with Crippen LogP contribution in [0.5, 0.6) is 11.5 Å². The third kappa shape index (κ3) is 9.96. The van der Waals surface area contributed by atoms with E-state index in [1.807, 2.05) is 14.1 Å². The summed E-state index contributed by atoms with van der Waals surface area (Å²) in [4.78, 5) is 20.7. The van der Waals surface area contributed by atoms with Crippen molar-refractivity contribution >= 4 is 22.1 Å². The highest BCUT2D eigenvalue weighted by Gasteiger charge is 2.30. The molecule has 0 aliphatic heterocycles. The average molecular weight is 1010 g/mol. The molecule has 6 aromatic carbocycles. The predicted octanol–water partition coefficient (Wildman–Crippen LogP) is 17.4. The highest BCUT2D eigenvalue weighted by molar-refractivity contribution is 5.97. The van der Waals surface area contributed by atoms with Gasteiger partial charge in [-0.05, 0) is 120 Å². The number of aryl methyl sites for hydroxylation is 2. The molecule has 0 bridgehead atoms. The third-order valence-corrected chi connectivity index (χ3v) is 15.4. The van der Waals surface area contributed by atoms with Crippen LogP contribution in [0.4, 0.5) is 0 Å². The number of imidazole rings is 2.